The van der Waals surface area contributed by atoms with Gasteiger partial charge in [-0.25, -0.2) is 0 Å². The fourth-order valence-electron chi connectivity index (χ4n) is 2.24. The second-order valence-corrected chi connectivity index (χ2v) is 7.17. The van der Waals surface area contributed by atoms with Crippen LogP contribution in [0.25, 0.3) is 0 Å². The maximum Gasteiger partial charge on any atom is 0.307 e. The summed E-state index contributed by atoms with van der Waals surface area (Å²) >= 11 is 0. The second-order valence-electron chi connectivity index (χ2n) is 4.91. The molecule has 2 aromatic carbocycles. The molecule has 0 aliphatic carbocycles. The Morgan fingerprint density at radius 2 is 1.32 bits per heavy atom. The van der Waals surface area contributed by atoms with Crippen LogP contribution in [0.5, 0.6) is 0 Å². The first-order chi connectivity index (χ1) is 10.6. The average molecular weight is 316 g/mol. The smallest absolute Gasteiger partial charge is 0.307 e. The first kappa shape index (κ1) is 16.2. The monoisotopic (exact) mass is 316 g/mol. The van der Waals surface area contributed by atoms with Gasteiger partial charge in [0.25, 0.3) is 0 Å². The summed E-state index contributed by atoms with van der Waals surface area (Å²) in [4.78, 5) is 22.3. The molecule has 2 aromatic rings. The van der Waals surface area contributed by atoms with E-state index in [0.717, 1.165) is 10.6 Å². The zero-order valence-corrected chi connectivity index (χ0v) is 12.8. The van der Waals surface area contributed by atoms with Crippen LogP contribution in [0, 0.1) is 5.92 Å². The first-order valence-corrected chi connectivity index (χ1v) is 8.43. The van der Waals surface area contributed by atoms with Crippen LogP contribution in [0.1, 0.15) is 6.42 Å². The molecule has 22 heavy (non-hydrogen) atoms. The van der Waals surface area contributed by atoms with Gasteiger partial charge < -0.3 is 10.2 Å². The standard InChI is InChI=1S/C17H17O4P/c18-16(19)11-13(17(20)21)12-22(14-7-3-1-4-8-14)15-9-5-2-6-10-15/h1-10,13H,11-12H2,(H,18,19)(H,20,21). The minimum Gasteiger partial charge on any atom is -0.481 e. The molecule has 0 aliphatic rings. The lowest BCUT2D eigenvalue weighted by Gasteiger charge is -2.22. The van der Waals surface area contributed by atoms with Crippen molar-refractivity contribution in [1.29, 1.82) is 0 Å². The zero-order chi connectivity index (χ0) is 15.9. The van der Waals surface area contributed by atoms with E-state index >= 15 is 0 Å². The highest BCUT2D eigenvalue weighted by Gasteiger charge is 2.26. The summed E-state index contributed by atoms with van der Waals surface area (Å²) in [6.45, 7) is 0. The van der Waals surface area contributed by atoms with Crippen LogP contribution in [0.2, 0.25) is 0 Å². The Morgan fingerprint density at radius 1 is 0.864 bits per heavy atom. The first-order valence-electron chi connectivity index (χ1n) is 6.90. The lowest BCUT2D eigenvalue weighted by molar-refractivity contribution is -0.147. The molecule has 2 N–H and O–H groups in total. The van der Waals surface area contributed by atoms with E-state index in [9.17, 15) is 14.7 Å². The van der Waals surface area contributed by atoms with Gasteiger partial charge in [-0.05, 0) is 24.7 Å². The minimum atomic E-state index is -1.08. The van der Waals surface area contributed by atoms with Crippen molar-refractivity contribution in [3.8, 4) is 0 Å². The van der Waals surface area contributed by atoms with E-state index in [4.69, 9.17) is 5.11 Å². The molecule has 1 atom stereocenters. The maximum atomic E-state index is 11.4. The Hall–Kier alpha value is -2.19. The van der Waals surface area contributed by atoms with Crippen LogP contribution in [-0.4, -0.2) is 28.3 Å². The van der Waals surface area contributed by atoms with Crippen molar-refractivity contribution in [2.75, 3.05) is 6.16 Å². The molecule has 0 radical (unpaired) electrons. The van der Waals surface area contributed by atoms with E-state index in [1.54, 1.807) is 0 Å². The molecule has 0 aliphatic heterocycles. The molecule has 0 aromatic heterocycles. The molecular formula is C17H17O4P. The fourth-order valence-corrected chi connectivity index (χ4v) is 4.75. The highest BCUT2D eigenvalue weighted by atomic mass is 31.1. The zero-order valence-electron chi connectivity index (χ0n) is 11.9. The summed E-state index contributed by atoms with van der Waals surface area (Å²) in [5, 5.41) is 20.4. The van der Waals surface area contributed by atoms with E-state index in [1.807, 2.05) is 60.7 Å². The molecule has 0 heterocycles. The van der Waals surface area contributed by atoms with Crippen molar-refractivity contribution in [3.63, 3.8) is 0 Å². The molecule has 1 unspecified atom stereocenters. The summed E-state index contributed by atoms with van der Waals surface area (Å²) < 4.78 is 0. The summed E-state index contributed by atoms with van der Waals surface area (Å²) in [6, 6.07) is 19.4. The van der Waals surface area contributed by atoms with Crippen LogP contribution >= 0.6 is 7.92 Å². The van der Waals surface area contributed by atoms with Crippen LogP contribution < -0.4 is 10.6 Å². The topological polar surface area (TPSA) is 74.6 Å². The highest BCUT2D eigenvalue weighted by molar-refractivity contribution is 7.73. The third kappa shape index (κ3) is 4.40. The van der Waals surface area contributed by atoms with Gasteiger partial charge in [0.1, 0.15) is 0 Å². The number of benzene rings is 2. The predicted octanol–water partition coefficient (Wildman–Crippen LogP) is 2.29. The van der Waals surface area contributed by atoms with Gasteiger partial charge >= 0.3 is 11.9 Å². The molecular weight excluding hydrogens is 299 g/mol. The molecule has 114 valence electrons. The van der Waals surface area contributed by atoms with Gasteiger partial charge in [0.05, 0.1) is 12.3 Å². The lowest BCUT2D eigenvalue weighted by Crippen LogP contribution is -2.25. The largest absolute Gasteiger partial charge is 0.481 e. The number of carboxylic acids is 2. The normalized spacial score (nSPS) is 12.0. The Bertz CT molecular complexity index is 588. The number of carbonyl (C=O) groups is 2. The van der Waals surface area contributed by atoms with Crippen molar-refractivity contribution in [1.82, 2.24) is 0 Å². The van der Waals surface area contributed by atoms with Gasteiger partial charge in [-0.3, -0.25) is 9.59 Å². The highest BCUT2D eigenvalue weighted by Crippen LogP contribution is 2.36. The quantitative estimate of drug-likeness (QED) is 0.769. The van der Waals surface area contributed by atoms with Crippen LogP contribution in [-0.2, 0) is 9.59 Å². The number of hydrogen-bond donors (Lipinski definition) is 2. The molecule has 0 spiro atoms. The van der Waals surface area contributed by atoms with Crippen LogP contribution in [0.4, 0.5) is 0 Å². The summed E-state index contributed by atoms with van der Waals surface area (Å²) in [7, 11) is -0.897. The lowest BCUT2D eigenvalue weighted by atomic mass is 10.1. The molecule has 5 heteroatoms. The van der Waals surface area contributed by atoms with Gasteiger partial charge in [-0.1, -0.05) is 60.7 Å². The Balaban J connectivity index is 2.32. The van der Waals surface area contributed by atoms with E-state index in [1.165, 1.54) is 0 Å². The molecule has 0 fully saturated rings. The second kappa shape index (κ2) is 7.71. The number of carboxylic acid groups (broad SMARTS) is 2. The molecule has 0 amide bonds. The van der Waals surface area contributed by atoms with Gasteiger partial charge in [-0.2, -0.15) is 0 Å². The van der Waals surface area contributed by atoms with Crippen molar-refractivity contribution >= 4 is 30.5 Å². The third-order valence-corrected chi connectivity index (χ3v) is 5.96. The van der Waals surface area contributed by atoms with Gasteiger partial charge in [-0.15, -0.1) is 0 Å². The summed E-state index contributed by atoms with van der Waals surface area (Å²) in [5.41, 5.74) is 0. The molecule has 0 saturated heterocycles. The van der Waals surface area contributed by atoms with Crippen LogP contribution in [0.3, 0.4) is 0 Å². The van der Waals surface area contributed by atoms with Crippen molar-refractivity contribution < 1.29 is 19.8 Å². The number of aliphatic carboxylic acids is 2. The summed E-state index contributed by atoms with van der Waals surface area (Å²) in [5.74, 6) is -3.02. The third-order valence-electron chi connectivity index (χ3n) is 3.31. The molecule has 0 saturated carbocycles. The van der Waals surface area contributed by atoms with E-state index in [-0.39, 0.29) is 6.42 Å². The summed E-state index contributed by atoms with van der Waals surface area (Å²) in [6.07, 6.45) is -0.0289. The molecule has 0 bridgehead atoms. The van der Waals surface area contributed by atoms with Crippen molar-refractivity contribution in [2.45, 2.75) is 6.42 Å². The van der Waals surface area contributed by atoms with E-state index in [2.05, 4.69) is 0 Å². The number of hydrogen-bond acceptors (Lipinski definition) is 2. The van der Waals surface area contributed by atoms with E-state index in [0.29, 0.717) is 6.16 Å². The SMILES string of the molecule is O=C(O)CC(CP(c1ccccc1)c1ccccc1)C(=O)O. The van der Waals surface area contributed by atoms with Crippen molar-refractivity contribution in [3.05, 3.63) is 60.7 Å². The Labute approximate surface area is 130 Å². The van der Waals surface area contributed by atoms with Gasteiger partial charge in [0.2, 0.25) is 0 Å². The Kier molecular flexibility index (Phi) is 5.68. The minimum absolute atomic E-state index is 0.324. The maximum absolute atomic E-state index is 11.4. The fraction of sp³-hybridized carbons (Fsp3) is 0.176. The Morgan fingerprint density at radius 3 is 1.68 bits per heavy atom. The van der Waals surface area contributed by atoms with Crippen LogP contribution in [0.15, 0.2) is 60.7 Å². The van der Waals surface area contributed by atoms with Crippen molar-refractivity contribution in [2.24, 2.45) is 5.92 Å². The molecule has 4 nitrogen and oxygen atoms in total. The molecule has 2 rings (SSSR count). The van der Waals surface area contributed by atoms with E-state index < -0.39 is 25.8 Å². The van der Waals surface area contributed by atoms with Gasteiger partial charge in [0, 0.05) is 0 Å². The number of rotatable bonds is 7. The van der Waals surface area contributed by atoms with Gasteiger partial charge in [0.15, 0.2) is 0 Å². The predicted molar refractivity (Wildman–Crippen MR) is 87.3 cm³/mol. The average Bonchev–Trinajstić information content (AvgIpc) is 2.52.